The first-order valence-electron chi connectivity index (χ1n) is 13.8. The number of ether oxygens (including phenoxy) is 2. The molecule has 1 aliphatic heterocycles. The van der Waals surface area contributed by atoms with E-state index >= 15 is 0 Å². The Hall–Kier alpha value is -3.52. The van der Waals surface area contributed by atoms with Gasteiger partial charge in [-0.15, -0.1) is 0 Å². The van der Waals surface area contributed by atoms with Crippen molar-refractivity contribution in [3.8, 4) is 11.5 Å². The smallest absolute Gasteiger partial charge is 0.252 e. The number of methoxy groups -OCH3 is 1. The first-order valence-corrected chi connectivity index (χ1v) is 13.8. The van der Waals surface area contributed by atoms with E-state index in [0.717, 1.165) is 48.6 Å². The van der Waals surface area contributed by atoms with Crippen molar-refractivity contribution in [2.24, 2.45) is 10.7 Å². The first kappa shape index (κ1) is 31.7. The summed E-state index contributed by atoms with van der Waals surface area (Å²) in [5, 5.41) is 3.17. The number of carbonyl (C=O) groups excluding carboxylic acids is 1. The Balaban J connectivity index is 0.00000261. The summed E-state index contributed by atoms with van der Waals surface area (Å²) < 4.78 is 11.8. The molecule has 0 spiro atoms. The summed E-state index contributed by atoms with van der Waals surface area (Å²) in [5.41, 5.74) is 11.0. The highest BCUT2D eigenvalue weighted by Crippen LogP contribution is 2.38. The Labute approximate surface area is 236 Å². The normalized spacial score (nSPS) is 15.1. The summed E-state index contributed by atoms with van der Waals surface area (Å²) in [5.74, 6) is 1.04. The maximum absolute atomic E-state index is 13.4. The van der Waals surface area contributed by atoms with Crippen LogP contribution in [0.1, 0.15) is 69.1 Å². The molecule has 1 heterocycles. The van der Waals surface area contributed by atoms with Gasteiger partial charge in [-0.05, 0) is 70.1 Å². The highest BCUT2D eigenvalue weighted by Gasteiger charge is 2.22. The van der Waals surface area contributed by atoms with Crippen LogP contribution in [0.25, 0.3) is 5.57 Å². The monoisotopic (exact) mass is 539 g/mol. The summed E-state index contributed by atoms with van der Waals surface area (Å²) in [6.07, 6.45) is 3.11. The third-order valence-electron chi connectivity index (χ3n) is 6.59. The predicted octanol–water partition coefficient (Wildman–Crippen LogP) is 5.31. The SMILES string of the molecule is CC.CN=C/C(=C\N)c1cc([C@@H](C)NC(=O)c2cc(N3CCN(C)CC3)ccc2C)cc(OC)c1OC(C)C.[HH]. The Kier molecular flexibility index (Phi) is 12.3. The van der Waals surface area contributed by atoms with Gasteiger partial charge in [-0.3, -0.25) is 9.79 Å². The van der Waals surface area contributed by atoms with Crippen LogP contribution in [-0.2, 0) is 0 Å². The van der Waals surface area contributed by atoms with Gasteiger partial charge in [0.1, 0.15) is 0 Å². The second-order valence-electron chi connectivity index (χ2n) is 9.76. The number of nitrogens with zero attached hydrogens (tertiary/aromatic N) is 3. The fourth-order valence-electron chi connectivity index (χ4n) is 4.41. The minimum atomic E-state index is -0.294. The molecule has 0 aliphatic carbocycles. The summed E-state index contributed by atoms with van der Waals surface area (Å²) >= 11 is 0. The average molecular weight is 540 g/mol. The van der Waals surface area contributed by atoms with Gasteiger partial charge >= 0.3 is 0 Å². The van der Waals surface area contributed by atoms with Gasteiger partial charge in [0.05, 0.1) is 19.3 Å². The predicted molar refractivity (Wildman–Crippen MR) is 166 cm³/mol. The average Bonchev–Trinajstić information content (AvgIpc) is 2.93. The molecule has 3 rings (SSSR count). The van der Waals surface area contributed by atoms with Crippen LogP contribution in [0.4, 0.5) is 5.69 Å². The molecule has 3 N–H and O–H groups in total. The Morgan fingerprint density at radius 3 is 2.33 bits per heavy atom. The van der Waals surface area contributed by atoms with Crippen LogP contribution in [0.15, 0.2) is 41.5 Å². The molecule has 1 atom stereocenters. The molecule has 216 valence electrons. The summed E-state index contributed by atoms with van der Waals surface area (Å²) in [4.78, 5) is 22.2. The zero-order valence-corrected chi connectivity index (χ0v) is 25.2. The lowest BCUT2D eigenvalue weighted by atomic mass is 9.98. The molecule has 1 fully saturated rings. The Bertz CT molecular complexity index is 1160. The van der Waals surface area contributed by atoms with Crippen molar-refractivity contribution >= 4 is 23.4 Å². The molecule has 0 unspecified atom stereocenters. The number of nitrogens with two attached hydrogens (primary N) is 1. The second kappa shape index (κ2) is 15.2. The molecule has 1 amide bonds. The number of nitrogens with one attached hydrogen (secondary N) is 1. The van der Waals surface area contributed by atoms with Gasteiger partial charge in [0.2, 0.25) is 0 Å². The number of aliphatic imine (C=N–C) groups is 1. The van der Waals surface area contributed by atoms with E-state index < -0.39 is 0 Å². The van der Waals surface area contributed by atoms with Gasteiger partial charge in [-0.25, -0.2) is 0 Å². The number of allylic oxidation sites excluding steroid dienone is 1. The van der Waals surface area contributed by atoms with Crippen molar-refractivity contribution in [2.45, 2.75) is 53.7 Å². The molecule has 0 saturated carbocycles. The number of piperazine rings is 1. The van der Waals surface area contributed by atoms with E-state index in [9.17, 15) is 4.79 Å². The fraction of sp³-hybridized carbons (Fsp3) is 0.484. The van der Waals surface area contributed by atoms with Crippen LogP contribution in [-0.4, -0.2) is 70.5 Å². The number of anilines is 1. The number of hydrogen-bond donors (Lipinski definition) is 2. The minimum Gasteiger partial charge on any atom is -0.493 e. The zero-order valence-electron chi connectivity index (χ0n) is 25.2. The summed E-state index contributed by atoms with van der Waals surface area (Å²) in [7, 11) is 5.43. The minimum absolute atomic E-state index is 0. The number of benzene rings is 2. The molecule has 2 aromatic rings. The molecule has 0 radical (unpaired) electrons. The van der Waals surface area contributed by atoms with Crippen molar-refractivity contribution < 1.29 is 15.7 Å². The van der Waals surface area contributed by atoms with Crippen LogP contribution >= 0.6 is 0 Å². The van der Waals surface area contributed by atoms with Gasteiger partial charge in [0.25, 0.3) is 5.91 Å². The molecule has 8 nitrogen and oxygen atoms in total. The van der Waals surface area contributed by atoms with E-state index in [1.165, 1.54) is 6.20 Å². The van der Waals surface area contributed by atoms with Gasteiger partial charge < -0.3 is 30.3 Å². The maximum Gasteiger partial charge on any atom is 0.252 e. The van der Waals surface area contributed by atoms with Crippen molar-refractivity contribution in [1.29, 1.82) is 0 Å². The van der Waals surface area contributed by atoms with Gasteiger partial charge in [0.15, 0.2) is 11.5 Å². The topological polar surface area (TPSA) is 92.4 Å². The fourth-order valence-corrected chi connectivity index (χ4v) is 4.41. The molecule has 0 bridgehead atoms. The molecule has 2 aromatic carbocycles. The van der Waals surface area contributed by atoms with Crippen molar-refractivity contribution in [3.05, 3.63) is 58.8 Å². The van der Waals surface area contributed by atoms with Crippen LogP contribution in [0, 0.1) is 6.92 Å². The zero-order chi connectivity index (χ0) is 29.1. The Morgan fingerprint density at radius 2 is 1.77 bits per heavy atom. The molecular formula is C31H49N5O3. The van der Waals surface area contributed by atoms with Crippen molar-refractivity contribution in [1.82, 2.24) is 10.2 Å². The first-order chi connectivity index (χ1) is 18.7. The summed E-state index contributed by atoms with van der Waals surface area (Å²) in [6, 6.07) is 9.70. The van der Waals surface area contributed by atoms with E-state index in [1.54, 1.807) is 20.4 Å². The molecule has 8 heteroatoms. The molecule has 0 aromatic heterocycles. The van der Waals surface area contributed by atoms with Crippen LogP contribution in [0.2, 0.25) is 0 Å². The number of carbonyl (C=O) groups is 1. The van der Waals surface area contributed by atoms with E-state index in [0.29, 0.717) is 22.6 Å². The van der Waals surface area contributed by atoms with Crippen molar-refractivity contribution in [2.75, 3.05) is 52.3 Å². The number of likely N-dealkylation sites (N-methyl/N-ethyl adjacent to an activating group) is 1. The molecule has 1 aliphatic rings. The van der Waals surface area contributed by atoms with E-state index in [-0.39, 0.29) is 19.5 Å². The number of aryl methyl sites for hydroxylation is 1. The van der Waals surface area contributed by atoms with E-state index in [2.05, 4.69) is 33.2 Å². The largest absolute Gasteiger partial charge is 0.493 e. The third kappa shape index (κ3) is 8.23. The quantitative estimate of drug-likeness (QED) is 0.420. The van der Waals surface area contributed by atoms with E-state index in [1.807, 2.05) is 65.8 Å². The van der Waals surface area contributed by atoms with Gasteiger partial charge in [-0.2, -0.15) is 0 Å². The highest BCUT2D eigenvalue weighted by molar-refractivity contribution is 6.11. The van der Waals surface area contributed by atoms with Crippen LogP contribution in [0.3, 0.4) is 0 Å². The number of rotatable bonds is 9. The van der Waals surface area contributed by atoms with Gasteiger partial charge in [-0.1, -0.05) is 19.9 Å². The van der Waals surface area contributed by atoms with E-state index in [4.69, 9.17) is 15.2 Å². The second-order valence-corrected chi connectivity index (χ2v) is 9.76. The maximum atomic E-state index is 13.4. The van der Waals surface area contributed by atoms with Crippen LogP contribution < -0.4 is 25.4 Å². The number of amides is 1. The number of hydrogen-bond acceptors (Lipinski definition) is 7. The standard InChI is InChI=1S/C29H41N5O3.C2H6.H2/c1-19(2)37-28-26(23(17-30)18-31-5)14-22(15-27(28)36-7)21(4)32-29(35)25-16-24(9-8-20(25)3)34-12-10-33(6)11-13-34;1-2;/h8-9,14-19,21H,10-13,30H2,1-7H3,(H,32,35);1-2H3;1H/b23-17+,31-18?;;/t21-;;/m1../s1. The summed E-state index contributed by atoms with van der Waals surface area (Å²) in [6.45, 7) is 15.7. The highest BCUT2D eigenvalue weighted by atomic mass is 16.5. The lowest BCUT2D eigenvalue weighted by molar-refractivity contribution is 0.0939. The van der Waals surface area contributed by atoms with Gasteiger partial charge in [0, 0.05) is 69.5 Å². The van der Waals surface area contributed by atoms with Crippen LogP contribution in [0.5, 0.6) is 11.5 Å². The Morgan fingerprint density at radius 1 is 1.10 bits per heavy atom. The lowest BCUT2D eigenvalue weighted by Crippen LogP contribution is -2.44. The molecule has 39 heavy (non-hydrogen) atoms. The molecular weight excluding hydrogens is 490 g/mol. The lowest BCUT2D eigenvalue weighted by Gasteiger charge is -2.34. The molecule has 1 saturated heterocycles. The third-order valence-corrected chi connectivity index (χ3v) is 6.59. The van der Waals surface area contributed by atoms with Crippen molar-refractivity contribution in [3.63, 3.8) is 0 Å².